The van der Waals surface area contributed by atoms with Gasteiger partial charge in [-0.25, -0.2) is 0 Å². The van der Waals surface area contributed by atoms with E-state index < -0.39 is 27.9 Å². The highest BCUT2D eigenvalue weighted by Crippen LogP contribution is 2.36. The maximum Gasteiger partial charge on any atom is 0.416 e. The number of benzene rings is 1. The van der Waals surface area contributed by atoms with Crippen molar-refractivity contribution >= 4 is 11.4 Å². The van der Waals surface area contributed by atoms with E-state index in [0.717, 1.165) is 12.1 Å². The number of nitrogens with zero attached hydrogens (tertiary/aromatic N) is 1. The molecule has 0 saturated carbocycles. The summed E-state index contributed by atoms with van der Waals surface area (Å²) >= 11 is 0. The molecular weight excluding hydrogens is 287 g/mol. The van der Waals surface area contributed by atoms with Gasteiger partial charge in [0.1, 0.15) is 5.69 Å². The van der Waals surface area contributed by atoms with Gasteiger partial charge >= 0.3 is 6.18 Å². The van der Waals surface area contributed by atoms with Crippen molar-refractivity contribution in [1.29, 1.82) is 0 Å². The van der Waals surface area contributed by atoms with Crippen LogP contribution in [0.4, 0.5) is 24.5 Å². The van der Waals surface area contributed by atoms with Gasteiger partial charge in [-0.2, -0.15) is 13.2 Å². The Kier molecular flexibility index (Phi) is 5.16. The van der Waals surface area contributed by atoms with Crippen molar-refractivity contribution in [3.63, 3.8) is 0 Å². The maximum atomic E-state index is 12.6. The quantitative estimate of drug-likeness (QED) is 0.622. The minimum atomic E-state index is -4.62. The third-order valence-electron chi connectivity index (χ3n) is 3.67. The summed E-state index contributed by atoms with van der Waals surface area (Å²) in [6, 6.07) is 2.44. The van der Waals surface area contributed by atoms with Gasteiger partial charge in [-0.1, -0.05) is 13.8 Å². The summed E-state index contributed by atoms with van der Waals surface area (Å²) in [6.45, 7) is 3.94. The van der Waals surface area contributed by atoms with E-state index in [9.17, 15) is 23.3 Å². The Balaban J connectivity index is 3.28. The maximum absolute atomic E-state index is 12.6. The van der Waals surface area contributed by atoms with Crippen molar-refractivity contribution < 1.29 is 18.1 Å². The van der Waals surface area contributed by atoms with Gasteiger partial charge in [-0.05, 0) is 25.0 Å². The number of anilines is 1. The lowest BCUT2D eigenvalue weighted by Gasteiger charge is -2.32. The normalized spacial score (nSPS) is 12.3. The van der Waals surface area contributed by atoms with E-state index in [2.05, 4.69) is 5.32 Å². The molecular formula is C13H18F3N3O2. The third-order valence-corrected chi connectivity index (χ3v) is 3.67. The molecule has 8 heteroatoms. The van der Waals surface area contributed by atoms with Crippen LogP contribution < -0.4 is 11.1 Å². The summed E-state index contributed by atoms with van der Waals surface area (Å²) in [5, 5.41) is 14.0. The molecule has 21 heavy (non-hydrogen) atoms. The number of hydrogen-bond donors (Lipinski definition) is 2. The monoisotopic (exact) mass is 305 g/mol. The van der Waals surface area contributed by atoms with Crippen LogP contribution in [-0.2, 0) is 6.18 Å². The zero-order chi connectivity index (χ0) is 16.3. The van der Waals surface area contributed by atoms with Gasteiger partial charge < -0.3 is 11.1 Å². The Hall–Kier alpha value is -1.83. The van der Waals surface area contributed by atoms with E-state index >= 15 is 0 Å². The second kappa shape index (κ2) is 6.30. The predicted octanol–water partition coefficient (Wildman–Crippen LogP) is 3.54. The van der Waals surface area contributed by atoms with Crippen molar-refractivity contribution in [2.24, 2.45) is 5.73 Å². The van der Waals surface area contributed by atoms with Gasteiger partial charge in [-0.15, -0.1) is 0 Å². The summed E-state index contributed by atoms with van der Waals surface area (Å²) in [5.74, 6) is 0. The zero-order valence-electron chi connectivity index (χ0n) is 11.8. The number of nitrogens with one attached hydrogen (secondary N) is 1. The minimum absolute atomic E-state index is 0.0437. The largest absolute Gasteiger partial charge is 0.416 e. The number of alkyl halides is 3. The molecule has 0 bridgehead atoms. The lowest BCUT2D eigenvalue weighted by Crippen LogP contribution is -2.44. The first-order valence-corrected chi connectivity index (χ1v) is 6.53. The Morgan fingerprint density at radius 1 is 1.29 bits per heavy atom. The van der Waals surface area contributed by atoms with Gasteiger partial charge in [0.15, 0.2) is 0 Å². The van der Waals surface area contributed by atoms with Crippen molar-refractivity contribution in [1.82, 2.24) is 0 Å². The van der Waals surface area contributed by atoms with Crippen LogP contribution in [-0.4, -0.2) is 17.0 Å². The number of hydrogen-bond acceptors (Lipinski definition) is 4. The predicted molar refractivity (Wildman–Crippen MR) is 74.1 cm³/mol. The van der Waals surface area contributed by atoms with Crippen molar-refractivity contribution in [3.05, 3.63) is 33.9 Å². The summed E-state index contributed by atoms with van der Waals surface area (Å²) in [7, 11) is 0. The molecule has 0 amide bonds. The molecule has 0 unspecified atom stereocenters. The fraction of sp³-hybridized carbons (Fsp3) is 0.538. The standard InChI is InChI=1S/C13H18F3N3O2/c1-3-12(4-2,8-17)18-10-6-5-9(13(14,15)16)7-11(10)19(20)21/h5-7,18H,3-4,8,17H2,1-2H3. The van der Waals surface area contributed by atoms with Crippen LogP contribution in [0, 0.1) is 10.1 Å². The Bertz CT molecular complexity index is 506. The first kappa shape index (κ1) is 17.2. The molecule has 1 rings (SSSR count). The van der Waals surface area contributed by atoms with E-state index in [0.29, 0.717) is 18.9 Å². The molecule has 0 atom stereocenters. The molecule has 0 aliphatic heterocycles. The third kappa shape index (κ3) is 3.84. The van der Waals surface area contributed by atoms with Gasteiger partial charge in [0.25, 0.3) is 5.69 Å². The summed E-state index contributed by atoms with van der Waals surface area (Å²) < 4.78 is 37.9. The molecule has 3 N–H and O–H groups in total. The van der Waals surface area contributed by atoms with Crippen LogP contribution in [0.2, 0.25) is 0 Å². The van der Waals surface area contributed by atoms with E-state index in [1.54, 1.807) is 0 Å². The summed E-state index contributed by atoms with van der Waals surface area (Å²) in [4.78, 5) is 10.2. The van der Waals surface area contributed by atoms with Gasteiger partial charge in [-0.3, -0.25) is 10.1 Å². The molecule has 0 fully saturated rings. The topological polar surface area (TPSA) is 81.2 Å². The zero-order valence-corrected chi connectivity index (χ0v) is 11.8. The van der Waals surface area contributed by atoms with E-state index in [1.165, 1.54) is 0 Å². The number of rotatable bonds is 6. The van der Waals surface area contributed by atoms with E-state index in [-0.39, 0.29) is 12.2 Å². The van der Waals surface area contributed by atoms with E-state index in [4.69, 9.17) is 5.73 Å². The van der Waals surface area contributed by atoms with Crippen molar-refractivity contribution in [2.45, 2.75) is 38.4 Å². The van der Waals surface area contributed by atoms with Gasteiger partial charge in [0.05, 0.1) is 10.5 Å². The minimum Gasteiger partial charge on any atom is -0.373 e. The molecule has 5 nitrogen and oxygen atoms in total. The molecule has 0 aliphatic rings. The number of halogens is 3. The smallest absolute Gasteiger partial charge is 0.373 e. The molecule has 0 spiro atoms. The van der Waals surface area contributed by atoms with Crippen LogP contribution in [0.3, 0.4) is 0 Å². The Morgan fingerprint density at radius 2 is 1.86 bits per heavy atom. The van der Waals surface area contributed by atoms with Crippen LogP contribution >= 0.6 is 0 Å². The lowest BCUT2D eigenvalue weighted by atomic mass is 9.92. The van der Waals surface area contributed by atoms with Crippen molar-refractivity contribution in [3.8, 4) is 0 Å². The molecule has 0 radical (unpaired) electrons. The molecule has 0 aromatic heterocycles. The fourth-order valence-corrected chi connectivity index (χ4v) is 2.02. The molecule has 0 heterocycles. The average Bonchev–Trinajstić information content (AvgIpc) is 2.43. The molecule has 118 valence electrons. The van der Waals surface area contributed by atoms with Gasteiger partial charge in [0.2, 0.25) is 0 Å². The first-order valence-electron chi connectivity index (χ1n) is 6.53. The number of nitrogens with two attached hydrogens (primary N) is 1. The van der Waals surface area contributed by atoms with Gasteiger partial charge in [0, 0.05) is 18.2 Å². The Labute approximate surface area is 120 Å². The second-order valence-corrected chi connectivity index (χ2v) is 4.80. The lowest BCUT2D eigenvalue weighted by molar-refractivity contribution is -0.384. The summed E-state index contributed by atoms with van der Waals surface area (Å²) in [6.07, 6.45) is -3.43. The molecule has 1 aromatic rings. The number of nitro benzene ring substituents is 1. The van der Waals surface area contributed by atoms with Crippen LogP contribution in [0.15, 0.2) is 18.2 Å². The van der Waals surface area contributed by atoms with Crippen molar-refractivity contribution in [2.75, 3.05) is 11.9 Å². The molecule has 0 aliphatic carbocycles. The van der Waals surface area contributed by atoms with Crippen LogP contribution in [0.5, 0.6) is 0 Å². The highest BCUT2D eigenvalue weighted by molar-refractivity contribution is 5.64. The highest BCUT2D eigenvalue weighted by atomic mass is 19.4. The second-order valence-electron chi connectivity index (χ2n) is 4.80. The average molecular weight is 305 g/mol. The van der Waals surface area contributed by atoms with Crippen LogP contribution in [0.1, 0.15) is 32.3 Å². The van der Waals surface area contributed by atoms with Crippen LogP contribution in [0.25, 0.3) is 0 Å². The van der Waals surface area contributed by atoms with E-state index in [1.807, 2.05) is 13.8 Å². The first-order chi connectivity index (χ1) is 9.69. The molecule has 0 saturated heterocycles. The molecule has 1 aromatic carbocycles. The number of nitro groups is 1. The SMILES string of the molecule is CCC(CC)(CN)Nc1ccc(C(F)(F)F)cc1[N+](=O)[O-]. The Morgan fingerprint density at radius 3 is 2.24 bits per heavy atom. The fourth-order valence-electron chi connectivity index (χ4n) is 2.02. The summed E-state index contributed by atoms with van der Waals surface area (Å²) in [5.41, 5.74) is 3.50. The highest BCUT2D eigenvalue weighted by Gasteiger charge is 2.34.